The number of halogens is 2. The molecule has 5 nitrogen and oxygen atoms in total. The van der Waals surface area contributed by atoms with Gasteiger partial charge in [-0.1, -0.05) is 0 Å². The van der Waals surface area contributed by atoms with E-state index in [-0.39, 0.29) is 30.2 Å². The average Bonchev–Trinajstić information content (AvgIpc) is 2.79. The fourth-order valence-corrected chi connectivity index (χ4v) is 1.31. The van der Waals surface area contributed by atoms with Crippen molar-refractivity contribution in [3.8, 4) is 11.5 Å². The molecule has 0 aliphatic heterocycles. The lowest BCUT2D eigenvalue weighted by molar-refractivity contribution is -0.137. The third-order valence-corrected chi connectivity index (χ3v) is 2.19. The van der Waals surface area contributed by atoms with E-state index in [0.29, 0.717) is 0 Å². The van der Waals surface area contributed by atoms with Crippen LogP contribution in [0.4, 0.5) is 8.78 Å². The van der Waals surface area contributed by atoms with Crippen molar-refractivity contribution in [2.45, 2.75) is 12.8 Å². The predicted molar refractivity (Wildman–Crippen MR) is 55.6 cm³/mol. The Labute approximate surface area is 100 Å². The molecule has 0 saturated carbocycles. The summed E-state index contributed by atoms with van der Waals surface area (Å²) in [6, 6.07) is 3.18. The van der Waals surface area contributed by atoms with E-state index < -0.39 is 17.6 Å². The molecule has 2 rings (SSSR count). The molecule has 1 aromatic heterocycles. The second-order valence-corrected chi connectivity index (χ2v) is 3.52. The van der Waals surface area contributed by atoms with Gasteiger partial charge in [0.2, 0.25) is 11.8 Å². The Morgan fingerprint density at radius 3 is 2.72 bits per heavy atom. The number of benzene rings is 1. The van der Waals surface area contributed by atoms with Crippen LogP contribution in [0.1, 0.15) is 12.3 Å². The van der Waals surface area contributed by atoms with Gasteiger partial charge in [0, 0.05) is 12.0 Å². The quantitative estimate of drug-likeness (QED) is 0.903. The zero-order valence-corrected chi connectivity index (χ0v) is 9.06. The highest BCUT2D eigenvalue weighted by atomic mass is 19.2. The standard InChI is InChI=1S/C11H8F2N2O3/c12-7-2-1-6(5-8(7)13)11-15-14-9(18-11)3-4-10(16)17/h1-2,5H,3-4H2,(H,16,17). The summed E-state index contributed by atoms with van der Waals surface area (Å²) < 4.78 is 30.8. The third kappa shape index (κ3) is 2.68. The second kappa shape index (κ2) is 4.91. The molecule has 0 unspecified atom stereocenters. The number of nitrogens with zero attached hydrogens (tertiary/aromatic N) is 2. The summed E-state index contributed by atoms with van der Waals surface area (Å²) in [4.78, 5) is 10.4. The van der Waals surface area contributed by atoms with Crippen molar-refractivity contribution in [3.05, 3.63) is 35.7 Å². The fraction of sp³-hybridized carbons (Fsp3) is 0.182. The van der Waals surface area contributed by atoms with Crippen LogP contribution in [0.5, 0.6) is 0 Å². The summed E-state index contributed by atoms with van der Waals surface area (Å²) in [5, 5.41) is 15.7. The molecule has 0 amide bonds. The normalized spacial score (nSPS) is 10.6. The molecule has 7 heteroatoms. The Kier molecular flexibility index (Phi) is 3.31. The number of aryl methyl sites for hydroxylation is 1. The number of aromatic nitrogens is 2. The van der Waals surface area contributed by atoms with Crippen molar-refractivity contribution in [2.24, 2.45) is 0 Å². The van der Waals surface area contributed by atoms with Crippen molar-refractivity contribution >= 4 is 5.97 Å². The van der Waals surface area contributed by atoms with Gasteiger partial charge in [0.15, 0.2) is 11.6 Å². The molecule has 0 spiro atoms. The number of hydrogen-bond donors (Lipinski definition) is 1. The minimum Gasteiger partial charge on any atom is -0.481 e. The second-order valence-electron chi connectivity index (χ2n) is 3.52. The molecule has 1 aromatic carbocycles. The van der Waals surface area contributed by atoms with Crippen LogP contribution in [0.3, 0.4) is 0 Å². The first-order chi connectivity index (χ1) is 8.56. The van der Waals surface area contributed by atoms with Crippen LogP contribution in [0.15, 0.2) is 22.6 Å². The van der Waals surface area contributed by atoms with Gasteiger partial charge in [0.1, 0.15) is 0 Å². The van der Waals surface area contributed by atoms with Crippen LogP contribution in [-0.4, -0.2) is 21.3 Å². The molecule has 1 N–H and O–H groups in total. The van der Waals surface area contributed by atoms with Gasteiger partial charge in [-0.05, 0) is 18.2 Å². The monoisotopic (exact) mass is 254 g/mol. The number of carbonyl (C=O) groups is 1. The first-order valence-electron chi connectivity index (χ1n) is 5.06. The number of carboxylic acid groups (broad SMARTS) is 1. The number of aliphatic carboxylic acids is 1. The van der Waals surface area contributed by atoms with Crippen LogP contribution >= 0.6 is 0 Å². The van der Waals surface area contributed by atoms with E-state index in [1.165, 1.54) is 6.07 Å². The first-order valence-corrected chi connectivity index (χ1v) is 5.06. The molecular formula is C11H8F2N2O3. The largest absolute Gasteiger partial charge is 0.481 e. The molecule has 2 aromatic rings. The van der Waals surface area contributed by atoms with Gasteiger partial charge in [-0.3, -0.25) is 4.79 Å². The maximum absolute atomic E-state index is 13.0. The SMILES string of the molecule is O=C(O)CCc1nnc(-c2ccc(F)c(F)c2)o1. The smallest absolute Gasteiger partial charge is 0.303 e. The number of rotatable bonds is 4. The van der Waals surface area contributed by atoms with Crippen LogP contribution in [0.25, 0.3) is 11.5 Å². The lowest BCUT2D eigenvalue weighted by Gasteiger charge is -1.96. The lowest BCUT2D eigenvalue weighted by Crippen LogP contribution is -1.97. The molecule has 0 radical (unpaired) electrons. The van der Waals surface area contributed by atoms with Crippen LogP contribution in [0.2, 0.25) is 0 Å². The summed E-state index contributed by atoms with van der Waals surface area (Å²) in [6.45, 7) is 0. The van der Waals surface area contributed by atoms with Crippen LogP contribution < -0.4 is 0 Å². The Bertz CT molecular complexity index is 583. The van der Waals surface area contributed by atoms with E-state index >= 15 is 0 Å². The van der Waals surface area contributed by atoms with Gasteiger partial charge in [0.25, 0.3) is 0 Å². The summed E-state index contributed by atoms with van der Waals surface area (Å²) >= 11 is 0. The van der Waals surface area contributed by atoms with E-state index in [2.05, 4.69) is 10.2 Å². The van der Waals surface area contributed by atoms with Gasteiger partial charge in [-0.2, -0.15) is 0 Å². The molecule has 0 bridgehead atoms. The molecule has 0 aliphatic rings. The lowest BCUT2D eigenvalue weighted by atomic mass is 10.2. The molecule has 0 atom stereocenters. The van der Waals surface area contributed by atoms with Crippen LogP contribution in [-0.2, 0) is 11.2 Å². The van der Waals surface area contributed by atoms with Crippen molar-refractivity contribution in [1.29, 1.82) is 0 Å². The Morgan fingerprint density at radius 1 is 1.28 bits per heavy atom. The van der Waals surface area contributed by atoms with E-state index in [0.717, 1.165) is 12.1 Å². The summed E-state index contributed by atoms with van der Waals surface area (Å²) in [6.07, 6.45) is -0.0502. The zero-order chi connectivity index (χ0) is 13.1. The summed E-state index contributed by atoms with van der Waals surface area (Å²) in [5.74, 6) is -2.81. The Hall–Kier alpha value is -2.31. The highest BCUT2D eigenvalue weighted by Crippen LogP contribution is 2.20. The molecule has 1 heterocycles. The maximum atomic E-state index is 13.0. The van der Waals surface area contributed by atoms with Gasteiger partial charge in [0.05, 0.1) is 6.42 Å². The van der Waals surface area contributed by atoms with Crippen molar-refractivity contribution in [3.63, 3.8) is 0 Å². The van der Waals surface area contributed by atoms with Gasteiger partial charge in [-0.25, -0.2) is 8.78 Å². The topological polar surface area (TPSA) is 76.2 Å². The van der Waals surface area contributed by atoms with E-state index in [1.807, 2.05) is 0 Å². The minimum atomic E-state index is -1.02. The average molecular weight is 254 g/mol. The van der Waals surface area contributed by atoms with E-state index in [1.54, 1.807) is 0 Å². The van der Waals surface area contributed by atoms with Gasteiger partial charge >= 0.3 is 5.97 Å². The number of carboxylic acids is 1. The molecular weight excluding hydrogens is 246 g/mol. The van der Waals surface area contributed by atoms with Crippen molar-refractivity contribution < 1.29 is 23.1 Å². The minimum absolute atomic E-state index is 0.0225. The first kappa shape index (κ1) is 12.2. The number of hydrogen-bond acceptors (Lipinski definition) is 4. The maximum Gasteiger partial charge on any atom is 0.303 e. The van der Waals surface area contributed by atoms with E-state index in [9.17, 15) is 13.6 Å². The van der Waals surface area contributed by atoms with Gasteiger partial charge in [-0.15, -0.1) is 10.2 Å². The molecule has 0 aliphatic carbocycles. The molecule has 94 valence electrons. The highest BCUT2D eigenvalue weighted by molar-refractivity contribution is 5.66. The molecule has 18 heavy (non-hydrogen) atoms. The fourth-order valence-electron chi connectivity index (χ4n) is 1.31. The molecule has 0 fully saturated rings. The van der Waals surface area contributed by atoms with Crippen molar-refractivity contribution in [2.75, 3.05) is 0 Å². The van der Waals surface area contributed by atoms with Crippen molar-refractivity contribution in [1.82, 2.24) is 10.2 Å². The van der Waals surface area contributed by atoms with Crippen LogP contribution in [0, 0.1) is 11.6 Å². The summed E-state index contributed by atoms with van der Waals surface area (Å²) in [7, 11) is 0. The highest BCUT2D eigenvalue weighted by Gasteiger charge is 2.12. The Balaban J connectivity index is 2.18. The third-order valence-electron chi connectivity index (χ3n) is 2.19. The molecule has 0 saturated heterocycles. The zero-order valence-electron chi connectivity index (χ0n) is 9.06. The van der Waals surface area contributed by atoms with E-state index in [4.69, 9.17) is 9.52 Å². The Morgan fingerprint density at radius 2 is 2.06 bits per heavy atom. The predicted octanol–water partition coefficient (Wildman–Crippen LogP) is 2.03. The summed E-state index contributed by atoms with van der Waals surface area (Å²) in [5.41, 5.74) is 0.239. The van der Waals surface area contributed by atoms with Gasteiger partial charge < -0.3 is 9.52 Å².